The Bertz CT molecular complexity index is 1200. The van der Waals surface area contributed by atoms with Crippen LogP contribution >= 0.6 is 11.3 Å². The molecule has 2 fully saturated rings. The molecule has 5 rings (SSSR count). The SMILES string of the molecule is CCOc1ccc(NCc2cccn2-c2nnc(N3CCC(C(=O)NCCN(C)C4CCCCC4)CC3)s2)cc1. The smallest absolute Gasteiger partial charge is 0.223 e. The van der Waals surface area contributed by atoms with Crippen molar-refractivity contribution in [2.24, 2.45) is 5.92 Å². The van der Waals surface area contributed by atoms with E-state index in [4.69, 9.17) is 4.74 Å². The van der Waals surface area contributed by atoms with Crippen molar-refractivity contribution in [1.29, 1.82) is 0 Å². The van der Waals surface area contributed by atoms with E-state index >= 15 is 0 Å². The molecule has 9 nitrogen and oxygen atoms in total. The third kappa shape index (κ3) is 7.34. The van der Waals surface area contributed by atoms with Gasteiger partial charge in [-0.05, 0) is 76.1 Å². The summed E-state index contributed by atoms with van der Waals surface area (Å²) in [5, 5.41) is 17.4. The average Bonchev–Trinajstić information content (AvgIpc) is 3.67. The highest BCUT2D eigenvalue weighted by Gasteiger charge is 2.27. The molecule has 3 heterocycles. The number of ether oxygens (including phenoxy) is 1. The van der Waals surface area contributed by atoms with E-state index in [0.717, 1.165) is 66.4 Å². The summed E-state index contributed by atoms with van der Waals surface area (Å²) in [4.78, 5) is 17.5. The molecule has 2 aromatic heterocycles. The maximum atomic E-state index is 12.8. The molecule has 0 bridgehead atoms. The van der Waals surface area contributed by atoms with E-state index in [0.29, 0.717) is 19.2 Å². The number of nitrogens with one attached hydrogen (secondary N) is 2. The van der Waals surface area contributed by atoms with E-state index < -0.39 is 0 Å². The Morgan fingerprint density at radius 2 is 1.80 bits per heavy atom. The topological polar surface area (TPSA) is 87.5 Å². The van der Waals surface area contributed by atoms with Crippen LogP contribution in [0.5, 0.6) is 5.75 Å². The number of hydrogen-bond acceptors (Lipinski definition) is 8. The van der Waals surface area contributed by atoms with E-state index in [9.17, 15) is 4.79 Å². The summed E-state index contributed by atoms with van der Waals surface area (Å²) in [6, 6.07) is 12.8. The maximum Gasteiger partial charge on any atom is 0.223 e. The van der Waals surface area contributed by atoms with Gasteiger partial charge in [-0.1, -0.05) is 30.6 Å². The van der Waals surface area contributed by atoms with E-state index in [-0.39, 0.29) is 11.8 Å². The van der Waals surface area contributed by atoms with Gasteiger partial charge in [-0.25, -0.2) is 0 Å². The highest BCUT2D eigenvalue weighted by molar-refractivity contribution is 7.17. The molecular weight excluding hydrogens is 522 g/mol. The van der Waals surface area contributed by atoms with Crippen LogP contribution in [0.3, 0.4) is 0 Å². The largest absolute Gasteiger partial charge is 0.494 e. The van der Waals surface area contributed by atoms with Crippen molar-refractivity contribution in [2.45, 2.75) is 64.5 Å². The van der Waals surface area contributed by atoms with Crippen LogP contribution in [0, 0.1) is 5.92 Å². The molecule has 1 amide bonds. The van der Waals surface area contributed by atoms with Crippen LogP contribution in [-0.2, 0) is 11.3 Å². The van der Waals surface area contributed by atoms with Gasteiger partial charge in [-0.3, -0.25) is 9.36 Å². The summed E-state index contributed by atoms with van der Waals surface area (Å²) in [6.45, 7) is 6.64. The van der Waals surface area contributed by atoms with Crippen molar-refractivity contribution in [2.75, 3.05) is 50.1 Å². The minimum Gasteiger partial charge on any atom is -0.494 e. The van der Waals surface area contributed by atoms with Crippen molar-refractivity contribution in [3.8, 4) is 10.9 Å². The first-order valence-electron chi connectivity index (χ1n) is 14.8. The van der Waals surface area contributed by atoms with Gasteiger partial charge in [0.2, 0.25) is 16.2 Å². The number of aromatic nitrogens is 3. The lowest BCUT2D eigenvalue weighted by Crippen LogP contribution is -2.43. The van der Waals surface area contributed by atoms with Gasteiger partial charge in [0.25, 0.3) is 0 Å². The zero-order valence-electron chi connectivity index (χ0n) is 23.8. The number of carbonyl (C=O) groups is 1. The van der Waals surface area contributed by atoms with Crippen molar-refractivity contribution < 1.29 is 9.53 Å². The highest BCUT2D eigenvalue weighted by Crippen LogP contribution is 2.29. The summed E-state index contributed by atoms with van der Waals surface area (Å²) in [6.07, 6.45) is 10.4. The van der Waals surface area contributed by atoms with Gasteiger partial charge in [0.05, 0.1) is 13.2 Å². The fourth-order valence-corrected chi connectivity index (χ4v) is 6.66. The lowest BCUT2D eigenvalue weighted by atomic mass is 9.94. The molecule has 2 N–H and O–H groups in total. The second-order valence-corrected chi connectivity index (χ2v) is 11.8. The first kappa shape index (κ1) is 28.4. The number of nitrogens with zero attached hydrogens (tertiary/aromatic N) is 5. The monoisotopic (exact) mass is 565 g/mol. The van der Waals surface area contributed by atoms with Gasteiger partial charge < -0.3 is 25.2 Å². The number of rotatable bonds is 12. The van der Waals surface area contributed by atoms with Gasteiger partial charge in [0.1, 0.15) is 5.75 Å². The zero-order chi connectivity index (χ0) is 27.7. The lowest BCUT2D eigenvalue weighted by molar-refractivity contribution is -0.125. The number of likely N-dealkylation sites (N-methyl/N-ethyl adjacent to an activating group) is 1. The maximum absolute atomic E-state index is 12.8. The van der Waals surface area contributed by atoms with E-state index in [1.807, 2.05) is 43.5 Å². The van der Waals surface area contributed by atoms with E-state index in [2.05, 4.69) is 48.3 Å². The Morgan fingerprint density at radius 3 is 2.55 bits per heavy atom. The first-order valence-corrected chi connectivity index (χ1v) is 15.6. The molecule has 2 aliphatic rings. The fraction of sp³-hybridized carbons (Fsp3) is 0.567. The van der Waals surface area contributed by atoms with Crippen molar-refractivity contribution in [1.82, 2.24) is 25.0 Å². The zero-order valence-corrected chi connectivity index (χ0v) is 24.7. The first-order chi connectivity index (χ1) is 19.6. The summed E-state index contributed by atoms with van der Waals surface area (Å²) < 4.78 is 7.62. The summed E-state index contributed by atoms with van der Waals surface area (Å²) in [5.74, 6) is 1.15. The molecule has 3 aromatic rings. The highest BCUT2D eigenvalue weighted by atomic mass is 32.1. The standard InChI is InChI=1S/C30H43N7O2S/c1-3-39-27-13-11-24(12-14-27)32-22-26-10-7-18-37(26)30-34-33-29(40-30)36-19-15-23(16-20-36)28(38)31-17-21-35(2)25-8-5-4-6-9-25/h7,10-14,18,23,25,32H,3-6,8-9,15-17,19-22H2,1-2H3,(H,31,38). The van der Waals surface area contributed by atoms with Crippen LogP contribution in [0.2, 0.25) is 0 Å². The predicted molar refractivity (Wildman–Crippen MR) is 162 cm³/mol. The van der Waals surface area contributed by atoms with Gasteiger partial charge in [-0.15, -0.1) is 10.2 Å². The van der Waals surface area contributed by atoms with E-state index in [1.54, 1.807) is 11.3 Å². The second-order valence-electron chi connectivity index (χ2n) is 10.9. The summed E-state index contributed by atoms with van der Waals surface area (Å²) in [5.41, 5.74) is 2.15. The normalized spacial score (nSPS) is 16.8. The number of amides is 1. The molecule has 10 heteroatoms. The molecule has 0 unspecified atom stereocenters. The van der Waals surface area contributed by atoms with Crippen LogP contribution in [-0.4, -0.2) is 71.4 Å². The Hall–Kier alpha value is -3.11. The number of piperidine rings is 1. The third-order valence-corrected chi connectivity index (χ3v) is 9.16. The molecular formula is C30H43N7O2S. The van der Waals surface area contributed by atoms with Crippen molar-refractivity contribution >= 4 is 28.1 Å². The molecule has 1 saturated heterocycles. The fourth-order valence-electron chi connectivity index (χ4n) is 5.75. The average molecular weight is 566 g/mol. The molecule has 0 atom stereocenters. The van der Waals surface area contributed by atoms with Crippen LogP contribution in [0.15, 0.2) is 42.6 Å². The number of hydrogen-bond donors (Lipinski definition) is 2. The number of benzene rings is 1. The lowest BCUT2D eigenvalue weighted by Gasteiger charge is -2.32. The van der Waals surface area contributed by atoms with Crippen LogP contribution in [0.1, 0.15) is 57.6 Å². The third-order valence-electron chi connectivity index (χ3n) is 8.18. The van der Waals surface area contributed by atoms with Crippen LogP contribution in [0.25, 0.3) is 5.13 Å². The Kier molecular flexibility index (Phi) is 9.94. The Morgan fingerprint density at radius 1 is 1.05 bits per heavy atom. The minimum atomic E-state index is 0.0772. The quantitative estimate of drug-likeness (QED) is 0.322. The summed E-state index contributed by atoms with van der Waals surface area (Å²) in [7, 11) is 2.20. The molecule has 40 heavy (non-hydrogen) atoms. The summed E-state index contributed by atoms with van der Waals surface area (Å²) >= 11 is 1.60. The molecule has 1 aliphatic heterocycles. The molecule has 1 aromatic carbocycles. The minimum absolute atomic E-state index is 0.0772. The molecule has 1 saturated carbocycles. The van der Waals surface area contributed by atoms with Crippen LogP contribution < -0.4 is 20.3 Å². The van der Waals surface area contributed by atoms with Crippen molar-refractivity contribution in [3.05, 3.63) is 48.3 Å². The van der Waals surface area contributed by atoms with Gasteiger partial charge in [-0.2, -0.15) is 0 Å². The Labute approximate surface area is 241 Å². The number of anilines is 2. The van der Waals surface area contributed by atoms with Gasteiger partial charge in [0, 0.05) is 55.7 Å². The predicted octanol–water partition coefficient (Wildman–Crippen LogP) is 4.94. The van der Waals surface area contributed by atoms with E-state index in [1.165, 1.54) is 32.1 Å². The second kappa shape index (κ2) is 14.0. The molecule has 0 spiro atoms. The molecule has 1 aliphatic carbocycles. The molecule has 0 radical (unpaired) electrons. The van der Waals surface area contributed by atoms with Gasteiger partial charge in [0.15, 0.2) is 0 Å². The van der Waals surface area contributed by atoms with Crippen molar-refractivity contribution in [3.63, 3.8) is 0 Å². The number of carbonyl (C=O) groups excluding carboxylic acids is 1. The Balaban J connectivity index is 1.07. The molecule has 216 valence electrons. The van der Waals surface area contributed by atoms with Gasteiger partial charge >= 0.3 is 0 Å². The van der Waals surface area contributed by atoms with Crippen LogP contribution in [0.4, 0.5) is 10.8 Å².